The van der Waals surface area contributed by atoms with Crippen LogP contribution >= 0.6 is 0 Å². The number of nitrogens with one attached hydrogen (secondary N) is 2. The molecule has 1 aromatic carbocycles. The van der Waals surface area contributed by atoms with E-state index in [0.29, 0.717) is 17.3 Å². The summed E-state index contributed by atoms with van der Waals surface area (Å²) < 4.78 is 2.13. The van der Waals surface area contributed by atoms with Crippen molar-refractivity contribution in [1.29, 1.82) is 0 Å². The molecule has 0 aliphatic carbocycles. The third kappa shape index (κ3) is 3.08. The summed E-state index contributed by atoms with van der Waals surface area (Å²) in [5.74, 6) is 0.948. The minimum atomic E-state index is 0.347. The van der Waals surface area contributed by atoms with Crippen molar-refractivity contribution in [3.8, 4) is 0 Å². The Morgan fingerprint density at radius 2 is 1.93 bits per heavy atom. The first-order valence-electron chi connectivity index (χ1n) is 10.3. The SMILES string of the molecule is C=C(C(C)C)n1c(C)cc2cnc(Nc3ccc(N4CC5(CNC5)C4)cc3)nc21. The lowest BCUT2D eigenvalue weighted by molar-refractivity contribution is 0.121. The monoisotopic (exact) mass is 388 g/mol. The molecule has 2 N–H and O–H groups in total. The van der Waals surface area contributed by atoms with Crippen molar-refractivity contribution in [2.24, 2.45) is 11.3 Å². The van der Waals surface area contributed by atoms with Crippen molar-refractivity contribution in [2.45, 2.75) is 20.8 Å². The van der Waals surface area contributed by atoms with E-state index in [1.165, 1.54) is 5.69 Å². The number of aromatic nitrogens is 3. The van der Waals surface area contributed by atoms with Crippen LogP contribution in [-0.4, -0.2) is 40.7 Å². The number of anilines is 3. The molecular weight excluding hydrogens is 360 g/mol. The molecule has 6 heteroatoms. The second kappa shape index (κ2) is 6.59. The van der Waals surface area contributed by atoms with Gasteiger partial charge in [0, 0.05) is 65.9 Å². The third-order valence-corrected chi connectivity index (χ3v) is 6.22. The first kappa shape index (κ1) is 18.2. The van der Waals surface area contributed by atoms with Crippen molar-refractivity contribution in [3.63, 3.8) is 0 Å². The Kier molecular flexibility index (Phi) is 4.13. The maximum absolute atomic E-state index is 4.78. The molecule has 0 atom stereocenters. The Morgan fingerprint density at radius 3 is 2.55 bits per heavy atom. The summed E-state index contributed by atoms with van der Waals surface area (Å²) in [5.41, 5.74) is 5.88. The van der Waals surface area contributed by atoms with E-state index in [1.54, 1.807) is 0 Å². The Balaban J connectivity index is 1.35. The highest BCUT2D eigenvalue weighted by Gasteiger charge is 2.47. The molecule has 2 aliphatic rings. The zero-order valence-electron chi connectivity index (χ0n) is 17.4. The number of benzene rings is 1. The van der Waals surface area contributed by atoms with E-state index >= 15 is 0 Å². The fourth-order valence-corrected chi connectivity index (χ4v) is 4.33. The highest BCUT2D eigenvalue weighted by Crippen LogP contribution is 2.37. The zero-order valence-corrected chi connectivity index (χ0v) is 17.4. The van der Waals surface area contributed by atoms with Gasteiger partial charge in [0.25, 0.3) is 0 Å². The number of fused-ring (bicyclic) bond motifs is 1. The van der Waals surface area contributed by atoms with Crippen LogP contribution in [0.25, 0.3) is 16.7 Å². The highest BCUT2D eigenvalue weighted by molar-refractivity contribution is 5.82. The van der Waals surface area contributed by atoms with Crippen LogP contribution in [0.15, 0.2) is 43.1 Å². The van der Waals surface area contributed by atoms with Crippen LogP contribution in [0, 0.1) is 18.3 Å². The maximum Gasteiger partial charge on any atom is 0.229 e. The van der Waals surface area contributed by atoms with Crippen LogP contribution in [-0.2, 0) is 0 Å². The number of rotatable bonds is 5. The fourth-order valence-electron chi connectivity index (χ4n) is 4.33. The molecule has 0 unspecified atom stereocenters. The Labute approximate surface area is 171 Å². The Hall–Kier alpha value is -2.86. The number of hydrogen-bond donors (Lipinski definition) is 2. The van der Waals surface area contributed by atoms with E-state index in [9.17, 15) is 0 Å². The second-order valence-corrected chi connectivity index (χ2v) is 8.87. The molecule has 2 aromatic heterocycles. The van der Waals surface area contributed by atoms with E-state index in [2.05, 4.69) is 82.8 Å². The largest absolute Gasteiger partial charge is 0.370 e. The van der Waals surface area contributed by atoms with Gasteiger partial charge in [0.1, 0.15) is 5.65 Å². The van der Waals surface area contributed by atoms with Crippen LogP contribution in [0.3, 0.4) is 0 Å². The number of hydrogen-bond acceptors (Lipinski definition) is 5. The predicted octanol–water partition coefficient (Wildman–Crippen LogP) is 4.02. The molecule has 4 heterocycles. The number of allylic oxidation sites excluding steroid dienone is 1. The van der Waals surface area contributed by atoms with E-state index < -0.39 is 0 Å². The summed E-state index contributed by atoms with van der Waals surface area (Å²) in [6, 6.07) is 10.7. The first-order valence-corrected chi connectivity index (χ1v) is 10.3. The van der Waals surface area contributed by atoms with Gasteiger partial charge in [0.2, 0.25) is 5.95 Å². The minimum Gasteiger partial charge on any atom is -0.370 e. The van der Waals surface area contributed by atoms with Gasteiger partial charge in [-0.2, -0.15) is 4.98 Å². The molecule has 0 amide bonds. The summed E-state index contributed by atoms with van der Waals surface area (Å²) >= 11 is 0. The molecule has 3 aromatic rings. The molecule has 0 radical (unpaired) electrons. The van der Waals surface area contributed by atoms with Crippen LogP contribution in [0.5, 0.6) is 0 Å². The van der Waals surface area contributed by atoms with E-state index in [0.717, 1.165) is 54.3 Å². The van der Waals surface area contributed by atoms with Gasteiger partial charge in [-0.1, -0.05) is 20.4 Å². The lowest BCUT2D eigenvalue weighted by Crippen LogP contribution is -2.71. The molecule has 2 fully saturated rings. The van der Waals surface area contributed by atoms with Gasteiger partial charge in [0.15, 0.2) is 0 Å². The molecule has 5 rings (SSSR count). The molecule has 2 aliphatic heterocycles. The second-order valence-electron chi connectivity index (χ2n) is 8.87. The van der Waals surface area contributed by atoms with Gasteiger partial charge in [-0.05, 0) is 43.2 Å². The van der Waals surface area contributed by atoms with Gasteiger partial charge in [0.05, 0.1) is 0 Å². The normalized spacial score (nSPS) is 17.4. The first-order chi connectivity index (χ1) is 13.9. The average molecular weight is 389 g/mol. The highest BCUT2D eigenvalue weighted by atomic mass is 15.3. The lowest BCUT2D eigenvalue weighted by atomic mass is 9.74. The van der Waals surface area contributed by atoms with Crippen LogP contribution < -0.4 is 15.5 Å². The van der Waals surface area contributed by atoms with Crippen molar-refractivity contribution in [3.05, 3.63) is 48.8 Å². The molecule has 2 saturated heterocycles. The number of nitrogens with zero attached hydrogens (tertiary/aromatic N) is 4. The van der Waals surface area contributed by atoms with Gasteiger partial charge in [-0.3, -0.25) is 0 Å². The summed E-state index contributed by atoms with van der Waals surface area (Å²) in [7, 11) is 0. The third-order valence-electron chi connectivity index (χ3n) is 6.22. The maximum atomic E-state index is 4.78. The van der Waals surface area contributed by atoms with Crippen LogP contribution in [0.2, 0.25) is 0 Å². The van der Waals surface area contributed by atoms with Crippen molar-refractivity contribution < 1.29 is 0 Å². The predicted molar refractivity (Wildman–Crippen MR) is 120 cm³/mol. The topological polar surface area (TPSA) is 58.0 Å². The fraction of sp³-hybridized carbons (Fsp3) is 0.391. The molecule has 0 saturated carbocycles. The summed E-state index contributed by atoms with van der Waals surface area (Å²) in [6.07, 6.45) is 1.88. The van der Waals surface area contributed by atoms with Gasteiger partial charge >= 0.3 is 0 Å². The molecule has 150 valence electrons. The van der Waals surface area contributed by atoms with E-state index in [1.807, 2.05) is 6.20 Å². The molecule has 29 heavy (non-hydrogen) atoms. The quantitative estimate of drug-likeness (QED) is 0.691. The Bertz CT molecular complexity index is 1070. The van der Waals surface area contributed by atoms with Crippen molar-refractivity contribution >= 4 is 34.1 Å². The lowest BCUT2D eigenvalue weighted by Gasteiger charge is -2.57. The summed E-state index contributed by atoms with van der Waals surface area (Å²) in [5, 5.41) is 7.76. The molecule has 1 spiro atoms. The molecular formula is C23H28N6. The summed E-state index contributed by atoms with van der Waals surface area (Å²) in [4.78, 5) is 11.7. The number of aryl methyl sites for hydroxylation is 1. The van der Waals surface area contributed by atoms with E-state index in [4.69, 9.17) is 4.98 Å². The van der Waals surface area contributed by atoms with Gasteiger partial charge in [-0.15, -0.1) is 0 Å². The van der Waals surface area contributed by atoms with Gasteiger partial charge in [-0.25, -0.2) is 4.98 Å². The smallest absolute Gasteiger partial charge is 0.229 e. The summed E-state index contributed by atoms with van der Waals surface area (Å²) in [6.45, 7) is 15.3. The van der Waals surface area contributed by atoms with E-state index in [-0.39, 0.29) is 0 Å². The van der Waals surface area contributed by atoms with Crippen LogP contribution in [0.4, 0.5) is 17.3 Å². The molecule has 0 bridgehead atoms. The minimum absolute atomic E-state index is 0.347. The zero-order chi connectivity index (χ0) is 20.2. The van der Waals surface area contributed by atoms with Crippen molar-refractivity contribution in [2.75, 3.05) is 36.4 Å². The van der Waals surface area contributed by atoms with Crippen molar-refractivity contribution in [1.82, 2.24) is 19.9 Å². The Morgan fingerprint density at radius 1 is 1.21 bits per heavy atom. The molecule has 6 nitrogen and oxygen atoms in total. The van der Waals surface area contributed by atoms with Crippen LogP contribution in [0.1, 0.15) is 19.5 Å². The average Bonchev–Trinajstić information content (AvgIpc) is 2.95. The van der Waals surface area contributed by atoms with Gasteiger partial charge < -0.3 is 20.1 Å². The standard InChI is InChI=1S/C23H28N6/c1-15(2)17(4)29-16(3)9-18-10-25-22(27-21(18)29)26-19-5-7-20(8-6-19)28-13-23(14-28)11-24-12-23/h5-10,15,24H,4,11-14H2,1-3H3,(H,25,26,27).